The van der Waals surface area contributed by atoms with Crippen molar-refractivity contribution in [3.63, 3.8) is 0 Å². The van der Waals surface area contributed by atoms with E-state index in [0.29, 0.717) is 5.41 Å². The summed E-state index contributed by atoms with van der Waals surface area (Å²) < 4.78 is 0. The summed E-state index contributed by atoms with van der Waals surface area (Å²) in [4.78, 5) is 13.6. The van der Waals surface area contributed by atoms with Crippen LogP contribution in [0.25, 0.3) is 0 Å². The lowest BCUT2D eigenvalue weighted by atomic mass is 9.64. The van der Waals surface area contributed by atoms with Gasteiger partial charge in [-0.2, -0.15) is 0 Å². The molecule has 3 fully saturated rings. The zero-order valence-corrected chi connectivity index (χ0v) is 9.87. The van der Waals surface area contributed by atoms with E-state index in [1.54, 1.807) is 0 Å². The van der Waals surface area contributed by atoms with Gasteiger partial charge in [-0.3, -0.25) is 9.69 Å². The van der Waals surface area contributed by atoms with Crippen LogP contribution in [0.4, 0.5) is 0 Å². The number of hydrogen-bond donors (Lipinski definition) is 1. The Hall–Kier alpha value is -0.570. The van der Waals surface area contributed by atoms with E-state index < -0.39 is 11.5 Å². The molecule has 0 unspecified atom stereocenters. The summed E-state index contributed by atoms with van der Waals surface area (Å²) in [7, 11) is 0. The number of carbonyl (C=O) groups is 1. The molecule has 0 aromatic heterocycles. The van der Waals surface area contributed by atoms with Gasteiger partial charge >= 0.3 is 5.97 Å². The van der Waals surface area contributed by atoms with Crippen LogP contribution in [0.5, 0.6) is 0 Å². The lowest BCUT2D eigenvalue weighted by Gasteiger charge is -2.61. The van der Waals surface area contributed by atoms with Gasteiger partial charge in [0.2, 0.25) is 0 Å². The predicted octanol–water partition coefficient (Wildman–Crippen LogP) is 2.26. The molecule has 0 amide bonds. The lowest BCUT2D eigenvalue weighted by Crippen LogP contribution is -2.70. The van der Waals surface area contributed by atoms with E-state index >= 15 is 0 Å². The van der Waals surface area contributed by atoms with Crippen molar-refractivity contribution in [3.05, 3.63) is 0 Å². The van der Waals surface area contributed by atoms with E-state index in [2.05, 4.69) is 4.90 Å². The first-order chi connectivity index (χ1) is 7.67. The molecule has 3 heteroatoms. The van der Waals surface area contributed by atoms with E-state index in [1.807, 2.05) is 0 Å². The molecule has 0 aromatic rings. The monoisotopic (exact) mass is 223 g/mol. The second-order valence-corrected chi connectivity index (χ2v) is 6.11. The summed E-state index contributed by atoms with van der Waals surface area (Å²) in [5.41, 5.74) is 0.0546. The second kappa shape index (κ2) is 3.46. The Kier molecular flexibility index (Phi) is 2.29. The average molecular weight is 223 g/mol. The molecule has 90 valence electrons. The van der Waals surface area contributed by atoms with Crippen molar-refractivity contribution in [2.75, 3.05) is 13.1 Å². The predicted molar refractivity (Wildman–Crippen MR) is 61.3 cm³/mol. The van der Waals surface area contributed by atoms with E-state index in [0.717, 1.165) is 32.4 Å². The Morgan fingerprint density at radius 1 is 0.938 bits per heavy atom. The molecule has 16 heavy (non-hydrogen) atoms. The van der Waals surface area contributed by atoms with Gasteiger partial charge in [0.25, 0.3) is 0 Å². The number of rotatable bonds is 2. The topological polar surface area (TPSA) is 40.5 Å². The van der Waals surface area contributed by atoms with Gasteiger partial charge in [-0.05, 0) is 37.5 Å². The van der Waals surface area contributed by atoms with Crippen molar-refractivity contribution in [2.24, 2.45) is 5.41 Å². The van der Waals surface area contributed by atoms with Crippen molar-refractivity contribution in [1.29, 1.82) is 0 Å². The minimum atomic E-state index is -0.579. The number of aliphatic carboxylic acids is 1. The van der Waals surface area contributed by atoms with Gasteiger partial charge in [0.15, 0.2) is 0 Å². The van der Waals surface area contributed by atoms with Gasteiger partial charge in [-0.25, -0.2) is 0 Å². The fraction of sp³-hybridized carbons (Fsp3) is 0.923. The highest BCUT2D eigenvalue weighted by Crippen LogP contribution is 2.50. The molecule has 1 N–H and O–H groups in total. The fourth-order valence-corrected chi connectivity index (χ4v) is 3.86. The molecule has 2 saturated carbocycles. The molecule has 3 aliphatic rings. The van der Waals surface area contributed by atoms with Crippen molar-refractivity contribution < 1.29 is 9.90 Å². The average Bonchev–Trinajstić information content (AvgIpc) is 2.14. The Bertz CT molecular complexity index is 295. The number of hydrogen-bond acceptors (Lipinski definition) is 2. The third-order valence-electron chi connectivity index (χ3n) is 5.15. The highest BCUT2D eigenvalue weighted by molar-refractivity contribution is 5.80. The molecule has 0 radical (unpaired) electrons. The molecular formula is C13H21NO2. The molecule has 1 heterocycles. The van der Waals surface area contributed by atoms with Crippen LogP contribution in [0, 0.1) is 5.41 Å². The molecule has 3 rings (SSSR count). The molecule has 2 aliphatic carbocycles. The molecule has 0 bridgehead atoms. The van der Waals surface area contributed by atoms with Crippen LogP contribution in [-0.2, 0) is 4.79 Å². The smallest absolute Gasteiger partial charge is 0.324 e. The summed E-state index contributed by atoms with van der Waals surface area (Å²) in [6, 6.07) is 0. The van der Waals surface area contributed by atoms with Crippen LogP contribution in [0.15, 0.2) is 0 Å². The third-order valence-corrected chi connectivity index (χ3v) is 5.15. The molecule has 0 aromatic carbocycles. The third kappa shape index (κ3) is 1.33. The Morgan fingerprint density at radius 3 is 2.00 bits per heavy atom. The Morgan fingerprint density at radius 2 is 1.56 bits per heavy atom. The summed E-state index contributed by atoms with van der Waals surface area (Å²) >= 11 is 0. The first-order valence-corrected chi connectivity index (χ1v) is 6.66. The fourth-order valence-electron chi connectivity index (χ4n) is 3.86. The van der Waals surface area contributed by atoms with Crippen LogP contribution in [-0.4, -0.2) is 34.6 Å². The Labute approximate surface area is 96.8 Å². The Balaban J connectivity index is 1.65. The number of carboxylic acid groups (broad SMARTS) is 1. The largest absolute Gasteiger partial charge is 0.480 e. The molecule has 1 aliphatic heterocycles. The quantitative estimate of drug-likeness (QED) is 0.780. The second-order valence-electron chi connectivity index (χ2n) is 6.11. The molecule has 3 nitrogen and oxygen atoms in total. The van der Waals surface area contributed by atoms with Gasteiger partial charge in [0.1, 0.15) is 5.54 Å². The minimum Gasteiger partial charge on any atom is -0.480 e. The van der Waals surface area contributed by atoms with E-state index in [9.17, 15) is 9.90 Å². The van der Waals surface area contributed by atoms with Crippen LogP contribution >= 0.6 is 0 Å². The first kappa shape index (κ1) is 10.6. The van der Waals surface area contributed by atoms with Crippen molar-refractivity contribution in [1.82, 2.24) is 4.90 Å². The lowest BCUT2D eigenvalue weighted by molar-refractivity contribution is -0.177. The maximum atomic E-state index is 11.4. The zero-order chi connectivity index (χ0) is 11.2. The summed E-state index contributed by atoms with van der Waals surface area (Å²) in [6.07, 6.45) is 9.60. The minimum absolute atomic E-state index is 0.456. The summed E-state index contributed by atoms with van der Waals surface area (Å²) in [5.74, 6) is -0.579. The van der Waals surface area contributed by atoms with Crippen LogP contribution in [0.2, 0.25) is 0 Å². The van der Waals surface area contributed by atoms with Crippen LogP contribution in [0.1, 0.15) is 51.4 Å². The number of nitrogens with zero attached hydrogens (tertiary/aromatic N) is 1. The molecular weight excluding hydrogens is 202 g/mol. The van der Waals surface area contributed by atoms with Gasteiger partial charge in [0, 0.05) is 13.1 Å². The van der Waals surface area contributed by atoms with E-state index in [-0.39, 0.29) is 0 Å². The van der Waals surface area contributed by atoms with Crippen molar-refractivity contribution in [3.8, 4) is 0 Å². The van der Waals surface area contributed by atoms with Gasteiger partial charge in [0.05, 0.1) is 0 Å². The maximum absolute atomic E-state index is 11.4. The highest BCUT2D eigenvalue weighted by atomic mass is 16.4. The zero-order valence-electron chi connectivity index (χ0n) is 9.87. The van der Waals surface area contributed by atoms with Gasteiger partial charge < -0.3 is 5.11 Å². The standard InChI is InChI=1S/C13H21NO2/c15-11(16)13(7-4-8-13)14-9-12(10-14)5-2-1-3-6-12/h1-10H2,(H,15,16). The van der Waals surface area contributed by atoms with Gasteiger partial charge in [-0.1, -0.05) is 19.3 Å². The molecule has 1 spiro atoms. The normalized spacial score (nSPS) is 31.8. The number of likely N-dealkylation sites (tertiary alicyclic amines) is 1. The van der Waals surface area contributed by atoms with E-state index in [1.165, 1.54) is 32.1 Å². The maximum Gasteiger partial charge on any atom is 0.324 e. The molecule has 1 saturated heterocycles. The van der Waals surface area contributed by atoms with Crippen molar-refractivity contribution >= 4 is 5.97 Å². The molecule has 0 atom stereocenters. The summed E-state index contributed by atoms with van der Waals surface area (Å²) in [6.45, 7) is 2.11. The SMILES string of the molecule is O=C(O)C1(N2CC3(CCCCC3)C2)CCC1. The van der Waals surface area contributed by atoms with E-state index in [4.69, 9.17) is 0 Å². The van der Waals surface area contributed by atoms with Crippen LogP contribution in [0.3, 0.4) is 0 Å². The van der Waals surface area contributed by atoms with Crippen LogP contribution < -0.4 is 0 Å². The first-order valence-electron chi connectivity index (χ1n) is 6.66. The van der Waals surface area contributed by atoms with Crippen molar-refractivity contribution in [2.45, 2.75) is 56.9 Å². The van der Waals surface area contributed by atoms with Gasteiger partial charge in [-0.15, -0.1) is 0 Å². The highest BCUT2D eigenvalue weighted by Gasteiger charge is 2.57. The number of carboxylic acids is 1. The summed E-state index contributed by atoms with van der Waals surface area (Å²) in [5, 5.41) is 9.36.